The van der Waals surface area contributed by atoms with Gasteiger partial charge in [-0.1, -0.05) is 18.2 Å². The summed E-state index contributed by atoms with van der Waals surface area (Å²) in [6, 6.07) is 11.5. The van der Waals surface area contributed by atoms with Crippen LogP contribution < -0.4 is 11.1 Å². The van der Waals surface area contributed by atoms with E-state index in [1.165, 1.54) is 18.3 Å². The number of rotatable bonds is 8. The molecular formula is C26H25N3O5S. The third kappa shape index (κ3) is 4.79. The van der Waals surface area contributed by atoms with Crippen LogP contribution in [-0.4, -0.2) is 40.9 Å². The average Bonchev–Trinajstić information content (AvgIpc) is 3.17. The van der Waals surface area contributed by atoms with Crippen molar-refractivity contribution in [2.75, 3.05) is 12.4 Å². The van der Waals surface area contributed by atoms with Gasteiger partial charge < -0.3 is 20.9 Å². The summed E-state index contributed by atoms with van der Waals surface area (Å²) in [5.74, 6) is -1.10. The molecule has 0 radical (unpaired) electrons. The van der Waals surface area contributed by atoms with E-state index in [-0.39, 0.29) is 18.1 Å². The first-order valence-corrected chi connectivity index (χ1v) is 11.8. The van der Waals surface area contributed by atoms with Crippen molar-refractivity contribution in [3.8, 4) is 0 Å². The molecule has 2 aromatic carbocycles. The second-order valence-corrected chi connectivity index (χ2v) is 9.33. The van der Waals surface area contributed by atoms with Gasteiger partial charge >= 0.3 is 5.97 Å². The predicted octanol–water partition coefficient (Wildman–Crippen LogP) is 4.31. The van der Waals surface area contributed by atoms with Crippen LogP contribution in [0.3, 0.4) is 0 Å². The van der Waals surface area contributed by atoms with Crippen LogP contribution in [0, 0.1) is 6.92 Å². The van der Waals surface area contributed by atoms with Gasteiger partial charge in [0.15, 0.2) is 5.78 Å². The second-order valence-electron chi connectivity index (χ2n) is 8.31. The fourth-order valence-electron chi connectivity index (χ4n) is 4.17. The number of ether oxygens (including phenoxy) is 1. The van der Waals surface area contributed by atoms with Crippen molar-refractivity contribution in [3.63, 3.8) is 0 Å². The predicted molar refractivity (Wildman–Crippen MR) is 136 cm³/mol. The van der Waals surface area contributed by atoms with Gasteiger partial charge in [-0.2, -0.15) is 0 Å². The molecule has 2 aromatic heterocycles. The lowest BCUT2D eigenvalue weighted by molar-refractivity contribution is -0.138. The van der Waals surface area contributed by atoms with Crippen LogP contribution in [0.5, 0.6) is 0 Å². The monoisotopic (exact) mass is 491 g/mol. The Hall–Kier alpha value is -3.66. The summed E-state index contributed by atoms with van der Waals surface area (Å²) in [5, 5.41) is 13.6. The number of amides is 1. The number of hydrogen-bond acceptors (Lipinski definition) is 7. The fraction of sp³-hybridized carbons (Fsp3) is 0.231. The smallest absolute Gasteiger partial charge is 0.320 e. The fourth-order valence-corrected chi connectivity index (χ4v) is 5.48. The Bertz CT molecular complexity index is 1480. The standard InChI is InChI=1S/C26H25N3O5S/c1-13-22-16(12-34-3)7-8-17(14(2)30)24(22)35-23(13)25(31)29-21-10-9-18-15(11-19(27)26(32)33)5-4-6-20(18)28-21/h4-10,19H,11-12,27H2,1-3H3,(H,32,33)(H,28,29,31). The van der Waals surface area contributed by atoms with Crippen molar-refractivity contribution in [2.45, 2.75) is 32.9 Å². The number of nitrogens with zero attached hydrogens (tertiary/aromatic N) is 1. The molecule has 4 N–H and O–H groups in total. The lowest BCUT2D eigenvalue weighted by atomic mass is 10.0. The van der Waals surface area contributed by atoms with Crippen LogP contribution in [0.25, 0.3) is 21.0 Å². The Morgan fingerprint density at radius 3 is 2.60 bits per heavy atom. The summed E-state index contributed by atoms with van der Waals surface area (Å²) < 4.78 is 6.08. The molecule has 1 amide bonds. The lowest BCUT2D eigenvalue weighted by Gasteiger charge is -2.11. The molecule has 0 aliphatic carbocycles. The number of hydrogen-bond donors (Lipinski definition) is 3. The first kappa shape index (κ1) is 24.5. The molecule has 2 heterocycles. The quantitative estimate of drug-likeness (QED) is 0.313. The number of carboxylic acids is 1. The average molecular weight is 492 g/mol. The summed E-state index contributed by atoms with van der Waals surface area (Å²) >= 11 is 1.28. The first-order valence-electron chi connectivity index (χ1n) is 10.9. The minimum atomic E-state index is -1.07. The molecule has 0 aliphatic rings. The Kier molecular flexibility index (Phi) is 6.93. The minimum Gasteiger partial charge on any atom is -0.480 e. The summed E-state index contributed by atoms with van der Waals surface area (Å²) in [6.07, 6.45) is 0.170. The van der Waals surface area contributed by atoms with E-state index < -0.39 is 12.0 Å². The number of fused-ring (bicyclic) bond motifs is 2. The van der Waals surface area contributed by atoms with Gasteiger partial charge in [-0.3, -0.25) is 14.4 Å². The molecule has 8 nitrogen and oxygen atoms in total. The molecule has 0 saturated carbocycles. The normalized spacial score (nSPS) is 12.1. The zero-order valence-electron chi connectivity index (χ0n) is 19.5. The number of Topliss-reactive ketones (excluding diaryl/α,β-unsaturated/α-hetero) is 1. The highest BCUT2D eigenvalue weighted by Gasteiger charge is 2.22. The molecular weight excluding hydrogens is 466 g/mol. The zero-order chi connectivity index (χ0) is 25.3. The number of pyridine rings is 1. The highest BCUT2D eigenvalue weighted by molar-refractivity contribution is 7.21. The summed E-state index contributed by atoms with van der Waals surface area (Å²) in [5.41, 5.74) is 9.35. The second kappa shape index (κ2) is 9.91. The largest absolute Gasteiger partial charge is 0.480 e. The van der Waals surface area contributed by atoms with Crippen molar-refractivity contribution in [1.29, 1.82) is 0 Å². The van der Waals surface area contributed by atoms with Gasteiger partial charge in [0, 0.05) is 28.1 Å². The first-order chi connectivity index (χ1) is 16.7. The molecule has 1 unspecified atom stereocenters. The van der Waals surface area contributed by atoms with E-state index in [4.69, 9.17) is 15.6 Å². The van der Waals surface area contributed by atoms with Gasteiger partial charge in [-0.25, -0.2) is 4.98 Å². The third-order valence-electron chi connectivity index (χ3n) is 5.87. The van der Waals surface area contributed by atoms with Crippen LogP contribution in [0.4, 0.5) is 5.82 Å². The number of anilines is 1. The Labute approximate surface area is 205 Å². The van der Waals surface area contributed by atoms with E-state index in [0.717, 1.165) is 32.2 Å². The number of aryl methyl sites for hydroxylation is 1. The van der Waals surface area contributed by atoms with Gasteiger partial charge in [-0.05, 0) is 61.2 Å². The number of nitrogens with one attached hydrogen (secondary N) is 1. The molecule has 4 rings (SSSR count). The minimum absolute atomic E-state index is 0.0678. The topological polar surface area (TPSA) is 132 Å². The molecule has 0 spiro atoms. The SMILES string of the molecule is COCc1ccc(C(C)=O)c2sc(C(=O)Nc3ccc4c(CC(N)C(=O)O)cccc4n3)c(C)c12. The molecule has 4 aromatic rings. The number of carbonyl (C=O) groups is 3. The van der Waals surface area contributed by atoms with Crippen LogP contribution in [-0.2, 0) is 22.6 Å². The number of methoxy groups -OCH3 is 1. The maximum absolute atomic E-state index is 13.2. The Morgan fingerprint density at radius 1 is 1.14 bits per heavy atom. The summed E-state index contributed by atoms with van der Waals surface area (Å²) in [7, 11) is 1.60. The molecule has 0 fully saturated rings. The van der Waals surface area contributed by atoms with Crippen LogP contribution in [0.2, 0.25) is 0 Å². The third-order valence-corrected chi connectivity index (χ3v) is 7.19. The molecule has 1 atom stereocenters. The maximum atomic E-state index is 13.2. The lowest BCUT2D eigenvalue weighted by Crippen LogP contribution is -2.32. The van der Waals surface area contributed by atoms with Crippen molar-refractivity contribution in [2.24, 2.45) is 5.73 Å². The van der Waals surface area contributed by atoms with Crippen molar-refractivity contribution in [1.82, 2.24) is 4.98 Å². The van der Waals surface area contributed by atoms with E-state index in [1.54, 1.807) is 37.4 Å². The maximum Gasteiger partial charge on any atom is 0.320 e. The number of ketones is 1. The summed E-state index contributed by atoms with van der Waals surface area (Å²) in [6.45, 7) is 3.74. The van der Waals surface area contributed by atoms with Crippen molar-refractivity contribution < 1.29 is 24.2 Å². The molecule has 0 aliphatic heterocycles. The number of aromatic nitrogens is 1. The van der Waals surface area contributed by atoms with Gasteiger partial charge in [-0.15, -0.1) is 11.3 Å². The molecule has 0 bridgehead atoms. The Balaban J connectivity index is 1.68. The van der Waals surface area contributed by atoms with E-state index in [1.807, 2.05) is 19.1 Å². The number of benzene rings is 2. The highest BCUT2D eigenvalue weighted by atomic mass is 32.1. The number of carbonyl (C=O) groups excluding carboxylic acids is 2. The number of nitrogens with two attached hydrogens (primary N) is 1. The van der Waals surface area contributed by atoms with Crippen LogP contribution in [0.1, 0.15) is 43.6 Å². The number of thiophene rings is 1. The molecule has 35 heavy (non-hydrogen) atoms. The van der Waals surface area contributed by atoms with Gasteiger partial charge in [0.05, 0.1) is 17.0 Å². The number of carboxylic acid groups (broad SMARTS) is 1. The van der Waals surface area contributed by atoms with E-state index in [2.05, 4.69) is 10.3 Å². The highest BCUT2D eigenvalue weighted by Crippen LogP contribution is 2.37. The zero-order valence-corrected chi connectivity index (χ0v) is 20.4. The van der Waals surface area contributed by atoms with E-state index in [0.29, 0.717) is 28.4 Å². The number of aliphatic carboxylic acids is 1. The van der Waals surface area contributed by atoms with Gasteiger partial charge in [0.2, 0.25) is 0 Å². The van der Waals surface area contributed by atoms with E-state index >= 15 is 0 Å². The van der Waals surface area contributed by atoms with Crippen LogP contribution in [0.15, 0.2) is 42.5 Å². The molecule has 0 saturated heterocycles. The van der Waals surface area contributed by atoms with Gasteiger partial charge in [0.25, 0.3) is 5.91 Å². The van der Waals surface area contributed by atoms with Gasteiger partial charge in [0.1, 0.15) is 11.9 Å². The molecule has 9 heteroatoms. The van der Waals surface area contributed by atoms with Crippen molar-refractivity contribution >= 4 is 55.8 Å². The van der Waals surface area contributed by atoms with Crippen molar-refractivity contribution in [3.05, 3.63) is 69.6 Å². The summed E-state index contributed by atoms with van der Waals surface area (Å²) in [4.78, 5) is 41.6. The van der Waals surface area contributed by atoms with E-state index in [9.17, 15) is 14.4 Å². The Morgan fingerprint density at radius 2 is 1.91 bits per heavy atom. The van der Waals surface area contributed by atoms with Crippen LogP contribution >= 0.6 is 11.3 Å². The molecule has 180 valence electrons.